The SMILES string of the molecule is CSc1ccc(OCc2cccc(C#CCN)c2)cc1. The molecule has 0 fully saturated rings. The summed E-state index contributed by atoms with van der Waals surface area (Å²) in [4.78, 5) is 1.23. The van der Waals surface area contributed by atoms with Crippen LogP contribution in [0.4, 0.5) is 0 Å². The van der Waals surface area contributed by atoms with E-state index in [-0.39, 0.29) is 0 Å². The van der Waals surface area contributed by atoms with E-state index in [1.165, 1.54) is 4.90 Å². The lowest BCUT2D eigenvalue weighted by atomic mass is 10.1. The van der Waals surface area contributed by atoms with E-state index in [1.54, 1.807) is 11.8 Å². The molecule has 102 valence electrons. The standard InChI is InChI=1S/C17H17NOS/c1-20-17-9-7-16(8-10-17)19-13-15-5-2-4-14(12-15)6-3-11-18/h2,4-5,7-10,12H,11,13,18H2,1H3. The van der Waals surface area contributed by atoms with E-state index in [4.69, 9.17) is 10.5 Å². The molecule has 0 unspecified atom stereocenters. The van der Waals surface area contributed by atoms with Crippen LogP contribution in [0.3, 0.4) is 0 Å². The van der Waals surface area contributed by atoms with Gasteiger partial charge in [-0.1, -0.05) is 24.0 Å². The zero-order valence-corrected chi connectivity index (χ0v) is 12.2. The monoisotopic (exact) mass is 283 g/mol. The molecule has 0 bridgehead atoms. The molecule has 0 aliphatic carbocycles. The fourth-order valence-electron chi connectivity index (χ4n) is 1.73. The van der Waals surface area contributed by atoms with Gasteiger partial charge in [0, 0.05) is 10.5 Å². The molecular weight excluding hydrogens is 266 g/mol. The third kappa shape index (κ3) is 4.34. The van der Waals surface area contributed by atoms with Crippen molar-refractivity contribution in [2.75, 3.05) is 12.8 Å². The summed E-state index contributed by atoms with van der Waals surface area (Å²) in [5, 5.41) is 0. The van der Waals surface area contributed by atoms with Crippen molar-refractivity contribution in [3.05, 3.63) is 59.7 Å². The topological polar surface area (TPSA) is 35.2 Å². The average Bonchev–Trinajstić information content (AvgIpc) is 2.52. The van der Waals surface area contributed by atoms with Gasteiger partial charge in [-0.2, -0.15) is 0 Å². The Bertz CT molecular complexity index is 611. The number of benzene rings is 2. The van der Waals surface area contributed by atoms with Crippen molar-refractivity contribution in [2.45, 2.75) is 11.5 Å². The number of hydrogen-bond donors (Lipinski definition) is 1. The minimum absolute atomic E-state index is 0.377. The second-order valence-corrected chi connectivity index (χ2v) is 5.05. The van der Waals surface area contributed by atoms with Crippen LogP contribution in [0.15, 0.2) is 53.4 Å². The third-order valence-corrected chi connectivity index (χ3v) is 3.47. The zero-order valence-electron chi connectivity index (χ0n) is 11.4. The maximum Gasteiger partial charge on any atom is 0.119 e. The first-order chi connectivity index (χ1) is 9.81. The van der Waals surface area contributed by atoms with Crippen molar-refractivity contribution < 1.29 is 4.74 Å². The van der Waals surface area contributed by atoms with Crippen LogP contribution in [0.25, 0.3) is 0 Å². The number of nitrogens with two attached hydrogens (primary N) is 1. The molecule has 0 aliphatic heterocycles. The second-order valence-electron chi connectivity index (χ2n) is 4.17. The largest absolute Gasteiger partial charge is 0.489 e. The van der Waals surface area contributed by atoms with Gasteiger partial charge in [-0.3, -0.25) is 0 Å². The zero-order chi connectivity index (χ0) is 14.2. The number of ether oxygens (including phenoxy) is 1. The van der Waals surface area contributed by atoms with Crippen LogP contribution in [0, 0.1) is 11.8 Å². The summed E-state index contributed by atoms with van der Waals surface area (Å²) in [6.07, 6.45) is 2.06. The number of hydrogen-bond acceptors (Lipinski definition) is 3. The molecule has 0 heterocycles. The maximum atomic E-state index is 5.77. The van der Waals surface area contributed by atoms with Gasteiger partial charge in [-0.25, -0.2) is 0 Å². The molecule has 0 aromatic heterocycles. The van der Waals surface area contributed by atoms with Crippen LogP contribution in [0.1, 0.15) is 11.1 Å². The summed E-state index contributed by atoms with van der Waals surface area (Å²) < 4.78 is 5.77. The van der Waals surface area contributed by atoms with Crippen molar-refractivity contribution in [2.24, 2.45) is 5.73 Å². The Morgan fingerprint density at radius 2 is 1.95 bits per heavy atom. The molecule has 0 radical (unpaired) electrons. The maximum absolute atomic E-state index is 5.77. The van der Waals surface area contributed by atoms with Gasteiger partial charge >= 0.3 is 0 Å². The lowest BCUT2D eigenvalue weighted by molar-refractivity contribution is 0.306. The highest BCUT2D eigenvalue weighted by Crippen LogP contribution is 2.19. The predicted octanol–water partition coefficient (Wildman–Crippen LogP) is 3.30. The Balaban J connectivity index is 1.99. The van der Waals surface area contributed by atoms with E-state index in [0.29, 0.717) is 13.2 Å². The fourth-order valence-corrected chi connectivity index (χ4v) is 2.14. The van der Waals surface area contributed by atoms with Gasteiger partial charge in [0.15, 0.2) is 0 Å². The van der Waals surface area contributed by atoms with Crippen LogP contribution >= 0.6 is 11.8 Å². The molecule has 0 saturated heterocycles. The Kier molecular flexibility index (Phi) is 5.55. The normalized spacial score (nSPS) is 9.70. The van der Waals surface area contributed by atoms with Gasteiger partial charge in [-0.05, 0) is 48.2 Å². The highest BCUT2D eigenvalue weighted by atomic mass is 32.2. The summed E-state index contributed by atoms with van der Waals surface area (Å²) in [5.74, 6) is 6.75. The molecule has 2 aromatic carbocycles. The molecule has 0 saturated carbocycles. The van der Waals surface area contributed by atoms with E-state index >= 15 is 0 Å². The van der Waals surface area contributed by atoms with Crippen LogP contribution in [0.5, 0.6) is 5.75 Å². The van der Waals surface area contributed by atoms with E-state index < -0.39 is 0 Å². The fraction of sp³-hybridized carbons (Fsp3) is 0.176. The van der Waals surface area contributed by atoms with Crippen LogP contribution < -0.4 is 10.5 Å². The molecule has 0 spiro atoms. The molecule has 0 atom stereocenters. The van der Waals surface area contributed by atoms with Gasteiger partial charge < -0.3 is 10.5 Å². The van der Waals surface area contributed by atoms with E-state index in [0.717, 1.165) is 16.9 Å². The molecule has 2 nitrogen and oxygen atoms in total. The minimum atomic E-state index is 0.377. The Labute approximate surface area is 124 Å². The van der Waals surface area contributed by atoms with Crippen molar-refractivity contribution in [1.82, 2.24) is 0 Å². The Morgan fingerprint density at radius 1 is 1.15 bits per heavy atom. The first-order valence-electron chi connectivity index (χ1n) is 6.36. The summed E-state index contributed by atoms with van der Waals surface area (Å²) in [6.45, 7) is 0.916. The lowest BCUT2D eigenvalue weighted by Gasteiger charge is -2.07. The van der Waals surface area contributed by atoms with Crippen LogP contribution in [0.2, 0.25) is 0 Å². The first kappa shape index (κ1) is 14.5. The summed E-state index contributed by atoms with van der Waals surface area (Å²) in [5.41, 5.74) is 7.44. The lowest BCUT2D eigenvalue weighted by Crippen LogP contribution is -1.96. The minimum Gasteiger partial charge on any atom is -0.489 e. The van der Waals surface area contributed by atoms with Crippen LogP contribution in [-0.2, 0) is 6.61 Å². The summed E-state index contributed by atoms with van der Waals surface area (Å²) >= 11 is 1.72. The van der Waals surface area contributed by atoms with Gasteiger partial charge in [0.2, 0.25) is 0 Å². The second kappa shape index (κ2) is 7.64. The average molecular weight is 283 g/mol. The third-order valence-electron chi connectivity index (χ3n) is 2.73. The number of thioether (sulfide) groups is 1. The van der Waals surface area contributed by atoms with Crippen molar-refractivity contribution in [3.8, 4) is 17.6 Å². The smallest absolute Gasteiger partial charge is 0.119 e. The Morgan fingerprint density at radius 3 is 2.65 bits per heavy atom. The van der Waals surface area contributed by atoms with Crippen molar-refractivity contribution in [1.29, 1.82) is 0 Å². The van der Waals surface area contributed by atoms with Crippen LogP contribution in [-0.4, -0.2) is 12.8 Å². The van der Waals surface area contributed by atoms with Gasteiger partial charge in [0.1, 0.15) is 12.4 Å². The van der Waals surface area contributed by atoms with Gasteiger partial charge in [-0.15, -0.1) is 11.8 Å². The van der Waals surface area contributed by atoms with Gasteiger partial charge in [0.05, 0.1) is 6.54 Å². The molecule has 0 amide bonds. The highest BCUT2D eigenvalue weighted by Gasteiger charge is 1.97. The Hall–Kier alpha value is -1.89. The number of rotatable bonds is 4. The molecule has 2 N–H and O–H groups in total. The summed E-state index contributed by atoms with van der Waals surface area (Å²) in [7, 11) is 0. The first-order valence-corrected chi connectivity index (χ1v) is 7.59. The van der Waals surface area contributed by atoms with E-state index in [9.17, 15) is 0 Å². The predicted molar refractivity (Wildman–Crippen MR) is 84.9 cm³/mol. The molecule has 2 aromatic rings. The summed E-state index contributed by atoms with van der Waals surface area (Å²) in [6, 6.07) is 16.1. The molecule has 20 heavy (non-hydrogen) atoms. The van der Waals surface area contributed by atoms with Crippen molar-refractivity contribution >= 4 is 11.8 Å². The van der Waals surface area contributed by atoms with E-state index in [1.807, 2.05) is 36.4 Å². The molecule has 2 rings (SSSR count). The molecule has 3 heteroatoms. The van der Waals surface area contributed by atoms with E-state index in [2.05, 4.69) is 30.2 Å². The van der Waals surface area contributed by atoms with Gasteiger partial charge in [0.25, 0.3) is 0 Å². The van der Waals surface area contributed by atoms with Crippen molar-refractivity contribution in [3.63, 3.8) is 0 Å². The highest BCUT2D eigenvalue weighted by molar-refractivity contribution is 7.98. The molecular formula is C17H17NOS. The molecule has 0 aliphatic rings. The quantitative estimate of drug-likeness (QED) is 0.691.